The van der Waals surface area contributed by atoms with E-state index in [1.807, 2.05) is 49.4 Å². The van der Waals surface area contributed by atoms with Crippen LogP contribution in [0.25, 0.3) is 22.1 Å². The van der Waals surface area contributed by atoms with Crippen LogP contribution in [0.1, 0.15) is 12.5 Å². The summed E-state index contributed by atoms with van der Waals surface area (Å²) in [5, 5.41) is 13.7. The van der Waals surface area contributed by atoms with E-state index in [4.69, 9.17) is 9.47 Å². The predicted octanol–water partition coefficient (Wildman–Crippen LogP) is 3.36. The lowest BCUT2D eigenvalue weighted by Crippen LogP contribution is -2.04. The van der Waals surface area contributed by atoms with Gasteiger partial charge < -0.3 is 14.5 Å². The number of anilines is 1. The van der Waals surface area contributed by atoms with Crippen LogP contribution in [0.2, 0.25) is 0 Å². The van der Waals surface area contributed by atoms with Gasteiger partial charge in [-0.15, -0.1) is 10.2 Å². The summed E-state index contributed by atoms with van der Waals surface area (Å²) in [6.07, 6.45) is 0. The van der Waals surface area contributed by atoms with Crippen molar-refractivity contribution in [3.63, 3.8) is 0 Å². The SMILES string of the molecule is COc1ccc(C(C)=NNc2nnc3c(n2)[nH]c2ccccc23)cc1OC. The van der Waals surface area contributed by atoms with Gasteiger partial charge in [-0.1, -0.05) is 18.2 Å². The predicted molar refractivity (Wildman–Crippen MR) is 105 cm³/mol. The van der Waals surface area contributed by atoms with Gasteiger partial charge in [-0.05, 0) is 31.2 Å². The highest BCUT2D eigenvalue weighted by molar-refractivity contribution is 6.03. The van der Waals surface area contributed by atoms with Crippen molar-refractivity contribution in [1.29, 1.82) is 0 Å². The van der Waals surface area contributed by atoms with E-state index >= 15 is 0 Å². The Bertz CT molecular complexity index is 1150. The van der Waals surface area contributed by atoms with Gasteiger partial charge in [0.05, 0.1) is 19.9 Å². The number of aromatic amines is 1. The lowest BCUT2D eigenvalue weighted by molar-refractivity contribution is 0.355. The van der Waals surface area contributed by atoms with Gasteiger partial charge in [0.1, 0.15) is 5.52 Å². The number of methoxy groups -OCH3 is 2. The number of fused-ring (bicyclic) bond motifs is 3. The molecule has 0 radical (unpaired) electrons. The van der Waals surface area contributed by atoms with Crippen LogP contribution in [0, 0.1) is 0 Å². The zero-order valence-corrected chi connectivity index (χ0v) is 15.1. The Morgan fingerprint density at radius 1 is 1.04 bits per heavy atom. The fourth-order valence-corrected chi connectivity index (χ4v) is 2.83. The molecule has 2 aromatic carbocycles. The van der Waals surface area contributed by atoms with Crippen molar-refractivity contribution in [3.05, 3.63) is 48.0 Å². The van der Waals surface area contributed by atoms with Crippen molar-refractivity contribution >= 4 is 33.7 Å². The molecule has 4 aromatic rings. The van der Waals surface area contributed by atoms with Gasteiger partial charge in [0.2, 0.25) is 0 Å². The maximum Gasteiger partial charge on any atom is 0.265 e. The highest BCUT2D eigenvalue weighted by Gasteiger charge is 2.09. The Morgan fingerprint density at radius 3 is 2.67 bits per heavy atom. The first-order valence-electron chi connectivity index (χ1n) is 8.33. The summed E-state index contributed by atoms with van der Waals surface area (Å²) in [6.45, 7) is 1.88. The number of H-pyrrole nitrogens is 1. The van der Waals surface area contributed by atoms with E-state index in [1.54, 1.807) is 14.2 Å². The van der Waals surface area contributed by atoms with Gasteiger partial charge in [-0.3, -0.25) is 0 Å². The normalized spacial score (nSPS) is 11.7. The number of para-hydroxylation sites is 1. The minimum Gasteiger partial charge on any atom is -0.493 e. The van der Waals surface area contributed by atoms with Crippen molar-refractivity contribution in [3.8, 4) is 11.5 Å². The molecule has 8 nitrogen and oxygen atoms in total. The highest BCUT2D eigenvalue weighted by Crippen LogP contribution is 2.28. The van der Waals surface area contributed by atoms with E-state index in [1.165, 1.54) is 0 Å². The van der Waals surface area contributed by atoms with Crippen LogP contribution in [0.15, 0.2) is 47.6 Å². The number of nitrogens with zero attached hydrogens (tertiary/aromatic N) is 4. The number of hydrogen-bond acceptors (Lipinski definition) is 7. The summed E-state index contributed by atoms with van der Waals surface area (Å²) in [4.78, 5) is 7.68. The summed E-state index contributed by atoms with van der Waals surface area (Å²) in [5.41, 5.74) is 6.85. The smallest absolute Gasteiger partial charge is 0.265 e. The lowest BCUT2D eigenvalue weighted by Gasteiger charge is -2.09. The summed E-state index contributed by atoms with van der Waals surface area (Å²) in [6, 6.07) is 13.5. The second-order valence-electron chi connectivity index (χ2n) is 5.88. The van der Waals surface area contributed by atoms with Crippen molar-refractivity contribution in [1.82, 2.24) is 20.2 Å². The third-order valence-electron chi connectivity index (χ3n) is 4.25. The first-order valence-corrected chi connectivity index (χ1v) is 8.33. The number of hydrazone groups is 1. The Labute approximate surface area is 155 Å². The standard InChI is InChI=1S/C19H18N6O2/c1-11(12-8-9-15(26-2)16(10-12)27-3)22-24-19-21-18-17(23-25-19)13-6-4-5-7-14(13)20-18/h4-10H,1-3H3,(H2,20,21,24,25). The first kappa shape index (κ1) is 16.8. The van der Waals surface area contributed by atoms with E-state index in [-0.39, 0.29) is 0 Å². The minimum atomic E-state index is 0.314. The van der Waals surface area contributed by atoms with E-state index in [2.05, 4.69) is 30.7 Å². The fourth-order valence-electron chi connectivity index (χ4n) is 2.83. The molecule has 2 aromatic heterocycles. The van der Waals surface area contributed by atoms with Gasteiger partial charge in [0, 0.05) is 16.5 Å². The first-order chi connectivity index (χ1) is 13.2. The molecule has 0 aliphatic rings. The minimum absolute atomic E-state index is 0.314. The molecule has 0 spiro atoms. The van der Waals surface area contributed by atoms with Crippen molar-refractivity contribution in [2.75, 3.05) is 19.6 Å². The summed E-state index contributed by atoms with van der Waals surface area (Å²) >= 11 is 0. The lowest BCUT2D eigenvalue weighted by atomic mass is 10.1. The van der Waals surface area contributed by atoms with Crippen LogP contribution in [0.4, 0.5) is 5.95 Å². The zero-order chi connectivity index (χ0) is 18.8. The Kier molecular flexibility index (Phi) is 4.29. The van der Waals surface area contributed by atoms with Crippen LogP contribution < -0.4 is 14.9 Å². The zero-order valence-electron chi connectivity index (χ0n) is 15.1. The average Bonchev–Trinajstić information content (AvgIpc) is 3.09. The molecule has 4 rings (SSSR count). The second kappa shape index (κ2) is 6.91. The molecule has 0 saturated carbocycles. The second-order valence-corrected chi connectivity index (χ2v) is 5.88. The number of rotatable bonds is 5. The number of nitrogens with one attached hydrogen (secondary N) is 2. The summed E-state index contributed by atoms with van der Waals surface area (Å²) in [7, 11) is 3.20. The van der Waals surface area contributed by atoms with E-state index in [9.17, 15) is 0 Å². The molecule has 0 amide bonds. The molecule has 0 bridgehead atoms. The van der Waals surface area contributed by atoms with Crippen molar-refractivity contribution < 1.29 is 9.47 Å². The van der Waals surface area contributed by atoms with Gasteiger partial charge in [-0.25, -0.2) is 5.43 Å². The number of benzene rings is 2. The van der Waals surface area contributed by atoms with Crippen LogP contribution >= 0.6 is 0 Å². The monoisotopic (exact) mass is 362 g/mol. The average molecular weight is 362 g/mol. The summed E-state index contributed by atoms with van der Waals surface area (Å²) < 4.78 is 10.6. The van der Waals surface area contributed by atoms with Crippen LogP contribution in [0.5, 0.6) is 11.5 Å². The van der Waals surface area contributed by atoms with Crippen LogP contribution in [-0.4, -0.2) is 40.1 Å². The summed E-state index contributed by atoms with van der Waals surface area (Å²) in [5.74, 6) is 1.62. The molecular formula is C19H18N6O2. The van der Waals surface area contributed by atoms with E-state index < -0.39 is 0 Å². The maximum atomic E-state index is 5.33. The quantitative estimate of drug-likeness (QED) is 0.417. The molecule has 0 fully saturated rings. The molecule has 2 N–H and O–H groups in total. The largest absolute Gasteiger partial charge is 0.493 e. The van der Waals surface area contributed by atoms with Crippen LogP contribution in [-0.2, 0) is 0 Å². The van der Waals surface area contributed by atoms with Gasteiger partial charge in [0.15, 0.2) is 17.1 Å². The molecule has 0 atom stereocenters. The molecule has 136 valence electrons. The number of aromatic nitrogens is 4. The Hall–Kier alpha value is -3.68. The van der Waals surface area contributed by atoms with Crippen LogP contribution in [0.3, 0.4) is 0 Å². The van der Waals surface area contributed by atoms with E-state index in [0.29, 0.717) is 23.1 Å². The highest BCUT2D eigenvalue weighted by atomic mass is 16.5. The van der Waals surface area contributed by atoms with Gasteiger partial charge in [-0.2, -0.15) is 10.1 Å². The third kappa shape index (κ3) is 3.12. The number of ether oxygens (including phenoxy) is 2. The Morgan fingerprint density at radius 2 is 1.85 bits per heavy atom. The Balaban J connectivity index is 1.61. The van der Waals surface area contributed by atoms with E-state index in [0.717, 1.165) is 27.7 Å². The molecule has 0 aliphatic heterocycles. The molecule has 0 aliphatic carbocycles. The molecule has 0 unspecified atom stereocenters. The maximum absolute atomic E-state index is 5.33. The molecule has 2 heterocycles. The van der Waals surface area contributed by atoms with Gasteiger partial charge >= 0.3 is 0 Å². The number of hydrogen-bond donors (Lipinski definition) is 2. The third-order valence-corrected chi connectivity index (χ3v) is 4.25. The molecular weight excluding hydrogens is 344 g/mol. The topological polar surface area (TPSA) is 97.3 Å². The fraction of sp³-hybridized carbons (Fsp3) is 0.158. The molecule has 0 saturated heterocycles. The van der Waals surface area contributed by atoms with Gasteiger partial charge in [0.25, 0.3) is 5.95 Å². The molecule has 8 heteroatoms. The van der Waals surface area contributed by atoms with Crippen molar-refractivity contribution in [2.45, 2.75) is 6.92 Å². The van der Waals surface area contributed by atoms with Crippen molar-refractivity contribution in [2.24, 2.45) is 5.10 Å². The molecule has 27 heavy (non-hydrogen) atoms.